The van der Waals surface area contributed by atoms with E-state index in [4.69, 9.17) is 0 Å². The number of β-amino-alcohol motifs (C(OH)–C–C–N with tert-alkyl or cyclic N) is 1. The molecule has 0 aliphatic carbocycles. The molecule has 2 saturated heterocycles. The van der Waals surface area contributed by atoms with Gasteiger partial charge < -0.3 is 20.4 Å². The Kier molecular flexibility index (Phi) is 4.36. The summed E-state index contributed by atoms with van der Waals surface area (Å²) < 4.78 is 0. The van der Waals surface area contributed by atoms with Crippen molar-refractivity contribution in [2.45, 2.75) is 50.3 Å². The molecule has 0 bridgehead atoms. The van der Waals surface area contributed by atoms with E-state index in [0.29, 0.717) is 13.0 Å². The van der Waals surface area contributed by atoms with Gasteiger partial charge in [0, 0.05) is 13.1 Å². The van der Waals surface area contributed by atoms with Crippen LogP contribution in [0.4, 0.5) is 0 Å². The van der Waals surface area contributed by atoms with Crippen molar-refractivity contribution >= 4 is 5.91 Å². The molecule has 0 aromatic heterocycles. The Labute approximate surface area is 102 Å². The molecule has 0 radical (unpaired) electrons. The molecule has 3 N–H and O–H groups in total. The largest absolute Gasteiger partial charge is 0.394 e. The highest BCUT2D eigenvalue weighted by Gasteiger charge is 2.34. The van der Waals surface area contributed by atoms with Crippen molar-refractivity contribution in [3.8, 4) is 0 Å². The molecule has 0 aromatic carbocycles. The van der Waals surface area contributed by atoms with Crippen LogP contribution in [0.2, 0.25) is 0 Å². The van der Waals surface area contributed by atoms with Gasteiger partial charge in [-0.1, -0.05) is 12.8 Å². The average molecular weight is 242 g/mol. The fraction of sp³-hybridized carbons (Fsp3) is 0.917. The quantitative estimate of drug-likeness (QED) is 0.609. The minimum Gasteiger partial charge on any atom is -0.394 e. The number of likely N-dealkylation sites (tertiary alicyclic amines) is 1. The van der Waals surface area contributed by atoms with Gasteiger partial charge >= 0.3 is 0 Å². The minimum atomic E-state index is -0.413. The summed E-state index contributed by atoms with van der Waals surface area (Å²) in [7, 11) is 0. The molecule has 2 aliphatic rings. The van der Waals surface area contributed by atoms with Crippen LogP contribution in [0.1, 0.15) is 32.1 Å². The summed E-state index contributed by atoms with van der Waals surface area (Å²) in [4.78, 5) is 14.1. The standard InChI is InChI=1S/C12H22N2O3/c15-8-9-4-2-1-3-5-14(9)12(17)11-6-10(16)7-13-11/h9-11,13,15-16H,1-8H2. The number of carbonyl (C=O) groups excluding carboxylic acids is 1. The molecule has 0 aromatic rings. The van der Waals surface area contributed by atoms with Crippen LogP contribution in [-0.2, 0) is 4.79 Å². The Balaban J connectivity index is 2.00. The van der Waals surface area contributed by atoms with Crippen molar-refractivity contribution in [1.82, 2.24) is 10.2 Å². The van der Waals surface area contributed by atoms with E-state index in [-0.39, 0.29) is 24.6 Å². The fourth-order valence-electron chi connectivity index (χ4n) is 2.76. The second-order valence-corrected chi connectivity index (χ2v) is 5.07. The molecule has 2 fully saturated rings. The lowest BCUT2D eigenvalue weighted by atomic mass is 10.1. The predicted molar refractivity (Wildman–Crippen MR) is 63.5 cm³/mol. The van der Waals surface area contributed by atoms with Gasteiger partial charge in [0.1, 0.15) is 0 Å². The highest BCUT2D eigenvalue weighted by molar-refractivity contribution is 5.82. The topological polar surface area (TPSA) is 72.8 Å². The molecule has 2 aliphatic heterocycles. The Morgan fingerprint density at radius 1 is 1.35 bits per heavy atom. The van der Waals surface area contributed by atoms with Crippen molar-refractivity contribution in [1.29, 1.82) is 0 Å². The van der Waals surface area contributed by atoms with E-state index in [1.54, 1.807) is 0 Å². The Morgan fingerprint density at radius 2 is 2.18 bits per heavy atom. The van der Waals surface area contributed by atoms with Crippen LogP contribution >= 0.6 is 0 Å². The lowest BCUT2D eigenvalue weighted by Gasteiger charge is -2.31. The van der Waals surface area contributed by atoms with E-state index < -0.39 is 6.10 Å². The number of carbonyl (C=O) groups is 1. The summed E-state index contributed by atoms with van der Waals surface area (Å²) in [6.07, 6.45) is 4.18. The zero-order valence-electron chi connectivity index (χ0n) is 10.1. The number of aliphatic hydroxyl groups excluding tert-OH is 2. The fourth-order valence-corrected chi connectivity index (χ4v) is 2.76. The van der Waals surface area contributed by atoms with E-state index in [1.165, 1.54) is 0 Å². The van der Waals surface area contributed by atoms with Gasteiger partial charge in [-0.3, -0.25) is 4.79 Å². The van der Waals surface area contributed by atoms with Gasteiger partial charge in [0.25, 0.3) is 0 Å². The molecular weight excluding hydrogens is 220 g/mol. The SMILES string of the molecule is O=C(C1CC(O)CN1)N1CCCCCC1CO. The Hall–Kier alpha value is -0.650. The molecule has 3 atom stereocenters. The molecule has 0 spiro atoms. The highest BCUT2D eigenvalue weighted by Crippen LogP contribution is 2.19. The predicted octanol–water partition coefficient (Wildman–Crippen LogP) is -0.527. The molecule has 1 amide bonds. The first kappa shape index (κ1) is 12.8. The van der Waals surface area contributed by atoms with Gasteiger partial charge in [0.05, 0.1) is 24.8 Å². The lowest BCUT2D eigenvalue weighted by Crippen LogP contribution is -2.49. The van der Waals surface area contributed by atoms with Crippen LogP contribution < -0.4 is 5.32 Å². The van der Waals surface area contributed by atoms with Gasteiger partial charge in [-0.15, -0.1) is 0 Å². The van der Waals surface area contributed by atoms with E-state index in [9.17, 15) is 15.0 Å². The van der Waals surface area contributed by atoms with Crippen molar-refractivity contribution < 1.29 is 15.0 Å². The molecular formula is C12H22N2O3. The van der Waals surface area contributed by atoms with Crippen molar-refractivity contribution in [3.05, 3.63) is 0 Å². The number of hydrogen-bond donors (Lipinski definition) is 3. The van der Waals surface area contributed by atoms with Gasteiger partial charge in [-0.25, -0.2) is 0 Å². The molecule has 2 heterocycles. The Morgan fingerprint density at radius 3 is 2.82 bits per heavy atom. The molecule has 5 heteroatoms. The van der Waals surface area contributed by atoms with Crippen LogP contribution in [0.5, 0.6) is 0 Å². The summed E-state index contributed by atoms with van der Waals surface area (Å²) in [6.45, 7) is 1.27. The second kappa shape index (κ2) is 5.80. The third-order valence-electron chi connectivity index (χ3n) is 3.78. The normalized spacial score (nSPS) is 34.7. The molecule has 17 heavy (non-hydrogen) atoms. The first-order valence-electron chi connectivity index (χ1n) is 6.55. The summed E-state index contributed by atoms with van der Waals surface area (Å²) in [5, 5.41) is 21.9. The van der Waals surface area contributed by atoms with Crippen molar-refractivity contribution in [2.24, 2.45) is 0 Å². The zero-order valence-corrected chi connectivity index (χ0v) is 10.1. The summed E-state index contributed by atoms with van der Waals surface area (Å²) in [5.41, 5.74) is 0. The molecule has 98 valence electrons. The third kappa shape index (κ3) is 2.97. The number of nitrogens with zero attached hydrogens (tertiary/aromatic N) is 1. The number of hydrogen-bond acceptors (Lipinski definition) is 4. The first-order chi connectivity index (χ1) is 8.22. The number of amides is 1. The molecule has 5 nitrogen and oxygen atoms in total. The smallest absolute Gasteiger partial charge is 0.240 e. The molecule has 3 unspecified atom stereocenters. The highest BCUT2D eigenvalue weighted by atomic mass is 16.3. The maximum absolute atomic E-state index is 12.3. The van der Waals surface area contributed by atoms with Gasteiger partial charge in [0.2, 0.25) is 5.91 Å². The van der Waals surface area contributed by atoms with Gasteiger partial charge in [0.15, 0.2) is 0 Å². The molecule has 2 rings (SSSR count). The van der Waals surface area contributed by atoms with Crippen molar-refractivity contribution in [2.75, 3.05) is 19.7 Å². The third-order valence-corrected chi connectivity index (χ3v) is 3.78. The van der Waals surface area contributed by atoms with Crippen LogP contribution in [0, 0.1) is 0 Å². The first-order valence-corrected chi connectivity index (χ1v) is 6.55. The number of rotatable bonds is 2. The summed E-state index contributed by atoms with van der Waals surface area (Å²) >= 11 is 0. The van der Waals surface area contributed by atoms with Gasteiger partial charge in [-0.05, 0) is 19.3 Å². The van der Waals surface area contributed by atoms with E-state index in [2.05, 4.69) is 5.32 Å². The molecule has 0 saturated carbocycles. The number of aliphatic hydroxyl groups is 2. The minimum absolute atomic E-state index is 0.0375. The van der Waals surface area contributed by atoms with Crippen molar-refractivity contribution in [3.63, 3.8) is 0 Å². The van der Waals surface area contributed by atoms with Crippen LogP contribution in [-0.4, -0.2) is 58.9 Å². The monoisotopic (exact) mass is 242 g/mol. The zero-order chi connectivity index (χ0) is 12.3. The van der Waals surface area contributed by atoms with E-state index >= 15 is 0 Å². The maximum atomic E-state index is 12.3. The number of nitrogens with one attached hydrogen (secondary N) is 1. The maximum Gasteiger partial charge on any atom is 0.240 e. The summed E-state index contributed by atoms with van der Waals surface area (Å²) in [5.74, 6) is 0.0440. The summed E-state index contributed by atoms with van der Waals surface area (Å²) in [6, 6.07) is -0.304. The lowest BCUT2D eigenvalue weighted by molar-refractivity contribution is -0.136. The van der Waals surface area contributed by atoms with E-state index in [0.717, 1.165) is 32.2 Å². The Bertz CT molecular complexity index is 272. The van der Waals surface area contributed by atoms with E-state index in [1.807, 2.05) is 4.90 Å². The second-order valence-electron chi connectivity index (χ2n) is 5.07. The van der Waals surface area contributed by atoms with Crippen LogP contribution in [0.3, 0.4) is 0 Å². The van der Waals surface area contributed by atoms with Crippen LogP contribution in [0.25, 0.3) is 0 Å². The van der Waals surface area contributed by atoms with Gasteiger partial charge in [-0.2, -0.15) is 0 Å². The van der Waals surface area contributed by atoms with Crippen LogP contribution in [0.15, 0.2) is 0 Å². The average Bonchev–Trinajstić information content (AvgIpc) is 2.64.